The first-order valence-electron chi connectivity index (χ1n) is 10.1. The summed E-state index contributed by atoms with van der Waals surface area (Å²) in [4.78, 5) is 12.3. The average molecular weight is 308 g/mol. The number of fused-ring (bicyclic) bond motifs is 2. The Labute approximate surface area is 137 Å². The Morgan fingerprint density at radius 3 is 1.86 bits per heavy atom. The van der Waals surface area contributed by atoms with E-state index in [0.717, 1.165) is 25.7 Å². The largest absolute Gasteiger partial charge is 0.311 e. The molecule has 0 radical (unpaired) electrons. The van der Waals surface area contributed by atoms with E-state index in [1.807, 2.05) is 0 Å². The summed E-state index contributed by atoms with van der Waals surface area (Å²) in [6, 6.07) is 1.31. The normalized spacial score (nSPS) is 27.2. The highest BCUT2D eigenvalue weighted by Crippen LogP contribution is 2.32. The zero-order valence-electron chi connectivity index (χ0n) is 14.7. The molecule has 2 bridgehead atoms. The Morgan fingerprint density at radius 2 is 1.32 bits per heavy atom. The minimum atomic E-state index is 0.386. The molecule has 2 heterocycles. The van der Waals surface area contributed by atoms with E-state index in [-0.39, 0.29) is 0 Å². The molecular weight excluding hydrogens is 270 g/mol. The first kappa shape index (κ1) is 18.0. The number of rotatable bonds is 12. The monoisotopic (exact) mass is 307 g/mol. The highest BCUT2D eigenvalue weighted by atomic mass is 16.1. The van der Waals surface area contributed by atoms with Gasteiger partial charge in [0.2, 0.25) is 0 Å². The number of hydrogen-bond donors (Lipinski definition) is 1. The summed E-state index contributed by atoms with van der Waals surface area (Å²) in [6.07, 6.45) is 19.2. The van der Waals surface area contributed by atoms with E-state index in [2.05, 4.69) is 12.2 Å². The summed E-state index contributed by atoms with van der Waals surface area (Å²) in [5.74, 6) is 0.954. The number of Topliss-reactive ketones (excluding diaryl/α,β-unsaturated/α-hetero) is 1. The lowest BCUT2D eigenvalue weighted by atomic mass is 9.87. The van der Waals surface area contributed by atoms with Gasteiger partial charge in [-0.25, -0.2) is 0 Å². The van der Waals surface area contributed by atoms with E-state index in [4.69, 9.17) is 0 Å². The van der Waals surface area contributed by atoms with Crippen LogP contribution in [0.25, 0.3) is 0 Å². The molecule has 0 aromatic rings. The Kier molecular flexibility index (Phi) is 8.51. The molecule has 2 aliphatic heterocycles. The molecule has 1 N–H and O–H groups in total. The van der Waals surface area contributed by atoms with Crippen molar-refractivity contribution in [3.8, 4) is 0 Å². The summed E-state index contributed by atoms with van der Waals surface area (Å²) in [6.45, 7) is 2.27. The molecule has 2 saturated heterocycles. The Bertz CT molecular complexity index is 303. The van der Waals surface area contributed by atoms with E-state index in [1.54, 1.807) is 0 Å². The number of hydrogen-bond acceptors (Lipinski definition) is 2. The number of ketones is 1. The van der Waals surface area contributed by atoms with E-state index >= 15 is 0 Å². The Morgan fingerprint density at radius 1 is 0.818 bits per heavy atom. The Balaban J connectivity index is 1.41. The first-order chi connectivity index (χ1) is 10.8. The molecule has 0 spiro atoms. The average Bonchev–Trinajstić information content (AvgIpc) is 2.87. The van der Waals surface area contributed by atoms with Crippen molar-refractivity contribution >= 4 is 5.78 Å². The van der Waals surface area contributed by atoms with Gasteiger partial charge in [-0.1, -0.05) is 64.7 Å². The van der Waals surface area contributed by atoms with Crippen LogP contribution in [0, 0.1) is 5.92 Å². The molecule has 2 heteroatoms. The second-order valence-corrected chi connectivity index (χ2v) is 7.70. The minimum absolute atomic E-state index is 0.386. The molecule has 0 aliphatic carbocycles. The van der Waals surface area contributed by atoms with Crippen LogP contribution in [-0.2, 0) is 4.79 Å². The number of carbonyl (C=O) groups is 1. The summed E-state index contributed by atoms with van der Waals surface area (Å²) in [5, 5.41) is 3.63. The van der Waals surface area contributed by atoms with Crippen molar-refractivity contribution in [1.82, 2.24) is 5.32 Å². The first-order valence-corrected chi connectivity index (χ1v) is 10.1. The number of unbranched alkanes of at least 4 members (excludes halogenated alkanes) is 9. The number of carbonyl (C=O) groups excluding carboxylic acids is 1. The molecule has 0 amide bonds. The fraction of sp³-hybridized carbons (Fsp3) is 0.950. The van der Waals surface area contributed by atoms with Gasteiger partial charge in [-0.15, -0.1) is 0 Å². The smallest absolute Gasteiger partial charge is 0.136 e. The molecule has 0 saturated carbocycles. The fourth-order valence-electron chi connectivity index (χ4n) is 4.31. The molecular formula is C20H37NO. The van der Waals surface area contributed by atoms with E-state index in [9.17, 15) is 4.79 Å². The predicted octanol–water partition coefficient (Wildman–Crippen LogP) is 5.40. The number of piperidine rings is 1. The minimum Gasteiger partial charge on any atom is -0.311 e. The lowest BCUT2D eigenvalue weighted by molar-refractivity contribution is -0.124. The molecule has 2 atom stereocenters. The van der Waals surface area contributed by atoms with Gasteiger partial charge in [0, 0.05) is 24.4 Å². The number of nitrogens with one attached hydrogen (secondary N) is 1. The van der Waals surface area contributed by atoms with Crippen molar-refractivity contribution in [2.24, 2.45) is 5.92 Å². The predicted molar refractivity (Wildman–Crippen MR) is 94.1 cm³/mol. The molecule has 22 heavy (non-hydrogen) atoms. The molecule has 128 valence electrons. The van der Waals surface area contributed by atoms with Crippen molar-refractivity contribution in [1.29, 1.82) is 0 Å². The standard InChI is InChI=1S/C20H37NO/c1-2-3-4-5-6-7-8-9-10-11-12-20(22)17-15-18-13-14-19(16-17)21-18/h17-19,21H,2-16H2,1H3. The van der Waals surface area contributed by atoms with Crippen LogP contribution in [0.5, 0.6) is 0 Å². The van der Waals surface area contributed by atoms with Crippen LogP contribution in [0.2, 0.25) is 0 Å². The van der Waals surface area contributed by atoms with E-state index < -0.39 is 0 Å². The zero-order valence-corrected chi connectivity index (χ0v) is 14.7. The highest BCUT2D eigenvalue weighted by Gasteiger charge is 2.35. The van der Waals surface area contributed by atoms with Crippen molar-refractivity contribution in [3.05, 3.63) is 0 Å². The lowest BCUT2D eigenvalue weighted by Crippen LogP contribution is -2.40. The highest BCUT2D eigenvalue weighted by molar-refractivity contribution is 5.81. The third-order valence-electron chi connectivity index (χ3n) is 5.71. The summed E-state index contributed by atoms with van der Waals surface area (Å²) in [7, 11) is 0. The van der Waals surface area contributed by atoms with Gasteiger partial charge in [-0.2, -0.15) is 0 Å². The van der Waals surface area contributed by atoms with Crippen LogP contribution >= 0.6 is 0 Å². The quantitative estimate of drug-likeness (QED) is 0.489. The molecule has 2 unspecified atom stereocenters. The van der Waals surface area contributed by atoms with Crippen molar-refractivity contribution in [3.63, 3.8) is 0 Å². The summed E-state index contributed by atoms with van der Waals surface area (Å²) < 4.78 is 0. The summed E-state index contributed by atoms with van der Waals surface area (Å²) >= 11 is 0. The molecule has 2 nitrogen and oxygen atoms in total. The SMILES string of the molecule is CCCCCCCCCCCCC(=O)C1CC2CCC(C1)N2. The van der Waals surface area contributed by atoms with E-state index in [0.29, 0.717) is 23.8 Å². The van der Waals surface area contributed by atoms with Gasteiger partial charge in [0.25, 0.3) is 0 Å². The second-order valence-electron chi connectivity index (χ2n) is 7.70. The van der Waals surface area contributed by atoms with Crippen LogP contribution in [0.1, 0.15) is 103 Å². The maximum absolute atomic E-state index is 12.3. The van der Waals surface area contributed by atoms with Crippen molar-refractivity contribution in [2.45, 2.75) is 115 Å². The topological polar surface area (TPSA) is 29.1 Å². The molecule has 2 fully saturated rings. The van der Waals surface area contributed by atoms with Gasteiger partial charge in [-0.05, 0) is 32.1 Å². The zero-order chi connectivity index (χ0) is 15.6. The third kappa shape index (κ3) is 6.40. The fourth-order valence-corrected chi connectivity index (χ4v) is 4.31. The van der Waals surface area contributed by atoms with Crippen molar-refractivity contribution < 1.29 is 4.79 Å². The van der Waals surface area contributed by atoms with Crippen LogP contribution in [0.15, 0.2) is 0 Å². The van der Waals surface area contributed by atoms with Crippen molar-refractivity contribution in [2.75, 3.05) is 0 Å². The maximum Gasteiger partial charge on any atom is 0.136 e. The van der Waals surface area contributed by atoms with Gasteiger partial charge >= 0.3 is 0 Å². The van der Waals surface area contributed by atoms with Crippen LogP contribution in [0.3, 0.4) is 0 Å². The third-order valence-corrected chi connectivity index (χ3v) is 5.71. The molecule has 0 aromatic heterocycles. The molecule has 2 aliphatic rings. The van der Waals surface area contributed by atoms with Gasteiger partial charge in [0.05, 0.1) is 0 Å². The van der Waals surface area contributed by atoms with Gasteiger partial charge in [-0.3, -0.25) is 4.79 Å². The van der Waals surface area contributed by atoms with E-state index in [1.165, 1.54) is 70.6 Å². The maximum atomic E-state index is 12.3. The van der Waals surface area contributed by atoms with Gasteiger partial charge in [0.15, 0.2) is 0 Å². The van der Waals surface area contributed by atoms with Crippen LogP contribution < -0.4 is 5.32 Å². The van der Waals surface area contributed by atoms with Crippen LogP contribution in [0.4, 0.5) is 0 Å². The summed E-state index contributed by atoms with van der Waals surface area (Å²) in [5.41, 5.74) is 0. The molecule has 0 aromatic carbocycles. The second kappa shape index (κ2) is 10.4. The molecule has 2 rings (SSSR count). The van der Waals surface area contributed by atoms with Gasteiger partial charge in [0.1, 0.15) is 5.78 Å². The lowest BCUT2D eigenvalue weighted by Gasteiger charge is -2.28. The Hall–Kier alpha value is -0.370. The van der Waals surface area contributed by atoms with Gasteiger partial charge < -0.3 is 5.32 Å². The van der Waals surface area contributed by atoms with Crippen LogP contribution in [-0.4, -0.2) is 17.9 Å².